The van der Waals surface area contributed by atoms with E-state index >= 15 is 0 Å². The maximum absolute atomic E-state index is 12.0. The Hall–Kier alpha value is -2.04. The number of rotatable bonds is 4. The van der Waals surface area contributed by atoms with E-state index in [4.69, 9.17) is 9.47 Å². The van der Waals surface area contributed by atoms with Crippen molar-refractivity contribution in [3.63, 3.8) is 0 Å². The van der Waals surface area contributed by atoms with Crippen LogP contribution < -0.4 is 4.74 Å². The molecule has 0 radical (unpaired) electrons. The van der Waals surface area contributed by atoms with Gasteiger partial charge < -0.3 is 14.4 Å². The van der Waals surface area contributed by atoms with Gasteiger partial charge in [0.2, 0.25) is 5.91 Å². The third kappa shape index (κ3) is 2.48. The summed E-state index contributed by atoms with van der Waals surface area (Å²) >= 11 is 0. The Morgan fingerprint density at radius 3 is 2.50 bits per heavy atom. The molecule has 1 fully saturated rings. The van der Waals surface area contributed by atoms with Gasteiger partial charge in [0.15, 0.2) is 0 Å². The number of carbonyl (C=O) groups is 2. The molecular weight excluding hydrogens is 258 g/mol. The third-order valence-corrected chi connectivity index (χ3v) is 3.85. The predicted molar refractivity (Wildman–Crippen MR) is 73.2 cm³/mol. The third-order valence-electron chi connectivity index (χ3n) is 3.85. The molecule has 1 aliphatic heterocycles. The molecule has 0 aromatic heterocycles. The van der Waals surface area contributed by atoms with Crippen molar-refractivity contribution in [3.8, 4) is 5.75 Å². The number of methoxy groups -OCH3 is 2. The predicted octanol–water partition coefficient (Wildman–Crippen LogP) is 1.75. The van der Waals surface area contributed by atoms with Crippen LogP contribution in [0, 0.1) is 0 Å². The van der Waals surface area contributed by atoms with Crippen molar-refractivity contribution in [2.45, 2.75) is 31.8 Å². The molecule has 5 nitrogen and oxygen atoms in total. The summed E-state index contributed by atoms with van der Waals surface area (Å²) in [7, 11) is 2.95. The Kier molecular flexibility index (Phi) is 3.97. The molecule has 1 heterocycles. The molecule has 0 spiro atoms. The van der Waals surface area contributed by atoms with Crippen LogP contribution in [-0.2, 0) is 20.9 Å². The first-order valence-electron chi connectivity index (χ1n) is 6.53. The molecule has 1 saturated heterocycles. The molecule has 1 aliphatic rings. The smallest absolute Gasteiger partial charge is 0.331 e. The first kappa shape index (κ1) is 14.4. The van der Waals surface area contributed by atoms with Gasteiger partial charge in [-0.1, -0.05) is 12.1 Å². The van der Waals surface area contributed by atoms with Crippen molar-refractivity contribution in [2.75, 3.05) is 14.2 Å². The van der Waals surface area contributed by atoms with Crippen molar-refractivity contribution in [2.24, 2.45) is 0 Å². The summed E-state index contributed by atoms with van der Waals surface area (Å²) in [5.74, 6) is 0.378. The Bertz CT molecular complexity index is 511. The van der Waals surface area contributed by atoms with E-state index in [0.29, 0.717) is 19.4 Å². The second kappa shape index (κ2) is 5.53. The Labute approximate surface area is 118 Å². The van der Waals surface area contributed by atoms with E-state index in [-0.39, 0.29) is 11.9 Å². The van der Waals surface area contributed by atoms with Crippen molar-refractivity contribution in [3.05, 3.63) is 29.8 Å². The molecule has 1 atom stereocenters. The minimum absolute atomic E-state index is 0.0197. The fourth-order valence-corrected chi connectivity index (χ4v) is 2.50. The number of benzene rings is 1. The van der Waals surface area contributed by atoms with Gasteiger partial charge in [-0.15, -0.1) is 0 Å². The van der Waals surface area contributed by atoms with Crippen molar-refractivity contribution >= 4 is 11.9 Å². The first-order chi connectivity index (χ1) is 9.51. The molecule has 1 amide bonds. The maximum Gasteiger partial charge on any atom is 0.331 e. The number of esters is 1. The van der Waals surface area contributed by atoms with E-state index in [1.165, 1.54) is 7.11 Å². The van der Waals surface area contributed by atoms with Crippen LogP contribution in [-0.4, -0.2) is 36.5 Å². The van der Waals surface area contributed by atoms with Crippen LogP contribution in [0.2, 0.25) is 0 Å². The van der Waals surface area contributed by atoms with E-state index in [1.807, 2.05) is 24.3 Å². The highest BCUT2D eigenvalue weighted by atomic mass is 16.5. The Balaban J connectivity index is 2.20. The lowest BCUT2D eigenvalue weighted by atomic mass is 9.98. The van der Waals surface area contributed by atoms with Gasteiger partial charge >= 0.3 is 5.97 Å². The quantitative estimate of drug-likeness (QED) is 0.787. The zero-order chi connectivity index (χ0) is 14.8. The zero-order valence-corrected chi connectivity index (χ0v) is 12.0. The van der Waals surface area contributed by atoms with Crippen LogP contribution in [0.15, 0.2) is 24.3 Å². The average molecular weight is 277 g/mol. The molecule has 2 rings (SSSR count). The highest BCUT2D eigenvalue weighted by Crippen LogP contribution is 2.32. The lowest BCUT2D eigenvalue weighted by molar-refractivity contribution is -0.156. The Morgan fingerprint density at radius 2 is 1.95 bits per heavy atom. The maximum atomic E-state index is 12.0. The minimum atomic E-state index is -0.869. The largest absolute Gasteiger partial charge is 0.497 e. The summed E-state index contributed by atoms with van der Waals surface area (Å²) in [5, 5.41) is 0. The molecule has 1 aromatic carbocycles. The highest BCUT2D eigenvalue weighted by molar-refractivity contribution is 5.91. The summed E-state index contributed by atoms with van der Waals surface area (Å²) in [6, 6.07) is 7.46. The number of hydrogen-bond acceptors (Lipinski definition) is 4. The zero-order valence-electron chi connectivity index (χ0n) is 12.0. The number of ether oxygens (including phenoxy) is 2. The van der Waals surface area contributed by atoms with Crippen LogP contribution >= 0.6 is 0 Å². The normalized spacial score (nSPS) is 21.9. The SMILES string of the molecule is COC(=O)C1(C)CCC(=O)N1Cc1ccc(OC)cc1. The van der Waals surface area contributed by atoms with Gasteiger partial charge in [0, 0.05) is 13.0 Å². The van der Waals surface area contributed by atoms with E-state index in [2.05, 4.69) is 0 Å². The number of likely N-dealkylation sites (tertiary alicyclic amines) is 1. The first-order valence-corrected chi connectivity index (χ1v) is 6.53. The van der Waals surface area contributed by atoms with E-state index < -0.39 is 5.54 Å². The fraction of sp³-hybridized carbons (Fsp3) is 0.467. The van der Waals surface area contributed by atoms with Gasteiger partial charge in [-0.2, -0.15) is 0 Å². The summed E-state index contributed by atoms with van der Waals surface area (Å²) in [5.41, 5.74) is 0.0855. The van der Waals surface area contributed by atoms with Gasteiger partial charge in [-0.05, 0) is 31.0 Å². The van der Waals surface area contributed by atoms with Crippen LogP contribution in [0.25, 0.3) is 0 Å². The number of hydrogen-bond donors (Lipinski definition) is 0. The molecule has 1 unspecified atom stereocenters. The van der Waals surface area contributed by atoms with Gasteiger partial charge in [0.25, 0.3) is 0 Å². The standard InChI is InChI=1S/C15H19NO4/c1-15(14(18)20-3)9-8-13(17)16(15)10-11-4-6-12(19-2)7-5-11/h4-7H,8-10H2,1-3H3. The molecule has 0 N–H and O–H groups in total. The van der Waals surface area contributed by atoms with Crippen LogP contribution in [0.4, 0.5) is 0 Å². The molecule has 0 bridgehead atoms. The molecular formula is C15H19NO4. The Morgan fingerprint density at radius 1 is 1.30 bits per heavy atom. The minimum Gasteiger partial charge on any atom is -0.497 e. The molecule has 0 saturated carbocycles. The lowest BCUT2D eigenvalue weighted by Crippen LogP contribution is -2.49. The van der Waals surface area contributed by atoms with Gasteiger partial charge in [-0.25, -0.2) is 4.79 Å². The molecule has 0 aliphatic carbocycles. The fourth-order valence-electron chi connectivity index (χ4n) is 2.50. The molecule has 20 heavy (non-hydrogen) atoms. The van der Waals surface area contributed by atoms with Gasteiger partial charge in [0.05, 0.1) is 14.2 Å². The lowest BCUT2D eigenvalue weighted by Gasteiger charge is -2.32. The number of nitrogens with zero attached hydrogens (tertiary/aromatic N) is 1. The average Bonchev–Trinajstić information content (AvgIpc) is 2.76. The molecule has 5 heteroatoms. The summed E-state index contributed by atoms with van der Waals surface area (Å²) in [6.07, 6.45) is 0.871. The van der Waals surface area contributed by atoms with E-state index in [9.17, 15) is 9.59 Å². The monoisotopic (exact) mass is 277 g/mol. The topological polar surface area (TPSA) is 55.8 Å². The van der Waals surface area contributed by atoms with Crippen molar-refractivity contribution in [1.82, 2.24) is 4.90 Å². The second-order valence-electron chi connectivity index (χ2n) is 5.09. The highest BCUT2D eigenvalue weighted by Gasteiger charge is 2.48. The summed E-state index contributed by atoms with van der Waals surface area (Å²) < 4.78 is 9.94. The van der Waals surface area contributed by atoms with E-state index in [0.717, 1.165) is 11.3 Å². The van der Waals surface area contributed by atoms with Gasteiger partial charge in [-0.3, -0.25) is 4.79 Å². The van der Waals surface area contributed by atoms with Crippen molar-refractivity contribution in [1.29, 1.82) is 0 Å². The van der Waals surface area contributed by atoms with Gasteiger partial charge in [0.1, 0.15) is 11.3 Å². The summed E-state index contributed by atoms with van der Waals surface area (Å²) in [4.78, 5) is 25.6. The second-order valence-corrected chi connectivity index (χ2v) is 5.09. The van der Waals surface area contributed by atoms with Crippen LogP contribution in [0.1, 0.15) is 25.3 Å². The van der Waals surface area contributed by atoms with Crippen LogP contribution in [0.3, 0.4) is 0 Å². The number of carbonyl (C=O) groups excluding carboxylic acids is 2. The molecule has 1 aromatic rings. The van der Waals surface area contributed by atoms with Crippen molar-refractivity contribution < 1.29 is 19.1 Å². The van der Waals surface area contributed by atoms with Crippen LogP contribution in [0.5, 0.6) is 5.75 Å². The molecule has 108 valence electrons. The summed E-state index contributed by atoms with van der Waals surface area (Å²) in [6.45, 7) is 2.15. The number of amides is 1. The van der Waals surface area contributed by atoms with E-state index in [1.54, 1.807) is 18.9 Å².